The van der Waals surface area contributed by atoms with Gasteiger partial charge in [-0.15, -0.1) is 0 Å². The molecule has 0 saturated carbocycles. The maximum absolute atomic E-state index is 6.07. The summed E-state index contributed by atoms with van der Waals surface area (Å²) in [6.07, 6.45) is 1.23. The van der Waals surface area contributed by atoms with Crippen LogP contribution in [0.4, 0.5) is 0 Å². The van der Waals surface area contributed by atoms with Gasteiger partial charge in [0.2, 0.25) is 0 Å². The lowest BCUT2D eigenvalue weighted by Crippen LogP contribution is -2.41. The van der Waals surface area contributed by atoms with Gasteiger partial charge in [-0.3, -0.25) is 0 Å². The van der Waals surface area contributed by atoms with Gasteiger partial charge in [-0.2, -0.15) is 0 Å². The van der Waals surface area contributed by atoms with Crippen molar-refractivity contribution in [1.29, 1.82) is 0 Å². The first kappa shape index (κ1) is 13.0. The molecule has 1 atom stereocenters. The minimum absolute atomic E-state index is 0.267. The second-order valence-electron chi connectivity index (χ2n) is 6.59. The van der Waals surface area contributed by atoms with E-state index in [0.717, 1.165) is 17.6 Å². The van der Waals surface area contributed by atoms with Gasteiger partial charge >= 0.3 is 7.12 Å². The summed E-state index contributed by atoms with van der Waals surface area (Å²) in [5.41, 5.74) is 1.75. The molecule has 4 heteroatoms. The molecule has 2 heterocycles. The van der Waals surface area contributed by atoms with Crippen LogP contribution in [0, 0.1) is 0 Å². The Hall–Kier alpha value is -0.995. The molecule has 3 rings (SSSR count). The molecule has 0 amide bonds. The summed E-state index contributed by atoms with van der Waals surface area (Å²) in [4.78, 5) is 0. The molecule has 0 radical (unpaired) electrons. The van der Waals surface area contributed by atoms with Gasteiger partial charge in [-0.1, -0.05) is 12.1 Å². The van der Waals surface area contributed by atoms with Crippen molar-refractivity contribution < 1.29 is 14.0 Å². The zero-order valence-electron chi connectivity index (χ0n) is 12.3. The van der Waals surface area contributed by atoms with E-state index in [1.54, 1.807) is 0 Å². The lowest BCUT2D eigenvalue weighted by atomic mass is 9.78. The molecule has 0 N–H and O–H groups in total. The molecule has 1 aromatic carbocycles. The second-order valence-corrected chi connectivity index (χ2v) is 6.59. The van der Waals surface area contributed by atoms with E-state index in [1.807, 2.05) is 12.1 Å². The fourth-order valence-electron chi connectivity index (χ4n) is 2.57. The van der Waals surface area contributed by atoms with Crippen LogP contribution in [0.15, 0.2) is 18.2 Å². The van der Waals surface area contributed by atoms with Gasteiger partial charge in [0.15, 0.2) is 0 Å². The lowest BCUT2D eigenvalue weighted by Gasteiger charge is -2.32. The first-order valence-electron chi connectivity index (χ1n) is 6.94. The van der Waals surface area contributed by atoms with Crippen molar-refractivity contribution in [2.75, 3.05) is 0 Å². The Balaban J connectivity index is 1.88. The van der Waals surface area contributed by atoms with Crippen molar-refractivity contribution in [2.45, 2.75) is 58.3 Å². The highest BCUT2D eigenvalue weighted by molar-refractivity contribution is 6.62. The summed E-state index contributed by atoms with van der Waals surface area (Å²) in [7, 11) is -0.286. The summed E-state index contributed by atoms with van der Waals surface area (Å²) in [6, 6.07) is 6.22. The average molecular weight is 260 g/mol. The van der Waals surface area contributed by atoms with Gasteiger partial charge in [0, 0.05) is 6.42 Å². The number of benzene rings is 1. The average Bonchev–Trinajstić information content (AvgIpc) is 2.74. The van der Waals surface area contributed by atoms with Gasteiger partial charge in [0.1, 0.15) is 11.9 Å². The van der Waals surface area contributed by atoms with Gasteiger partial charge < -0.3 is 14.0 Å². The minimum atomic E-state index is -0.291. The molecule has 1 fully saturated rings. The molecule has 1 unspecified atom stereocenters. The number of ether oxygens (including phenoxy) is 1. The first-order valence-corrected chi connectivity index (χ1v) is 6.94. The van der Waals surface area contributed by atoms with E-state index in [4.69, 9.17) is 14.0 Å². The molecular formula is C15H21BO3. The second kappa shape index (κ2) is 4.00. The topological polar surface area (TPSA) is 27.7 Å². The maximum Gasteiger partial charge on any atom is 0.494 e. The van der Waals surface area contributed by atoms with Crippen LogP contribution in [0.5, 0.6) is 5.75 Å². The molecule has 0 spiro atoms. The van der Waals surface area contributed by atoms with E-state index in [1.165, 1.54) is 5.56 Å². The van der Waals surface area contributed by atoms with Crippen molar-refractivity contribution >= 4 is 12.6 Å². The third kappa shape index (κ3) is 2.07. The largest absolute Gasteiger partial charge is 0.494 e. The molecule has 1 aromatic rings. The van der Waals surface area contributed by atoms with E-state index in [-0.39, 0.29) is 24.4 Å². The lowest BCUT2D eigenvalue weighted by molar-refractivity contribution is 0.00578. The number of rotatable bonds is 1. The third-order valence-corrected chi connectivity index (χ3v) is 4.45. The summed E-state index contributed by atoms with van der Waals surface area (Å²) in [6.45, 7) is 10.4. The Labute approximate surface area is 115 Å². The van der Waals surface area contributed by atoms with Crippen LogP contribution in [0.2, 0.25) is 0 Å². The highest BCUT2D eigenvalue weighted by Gasteiger charge is 2.51. The fourth-order valence-corrected chi connectivity index (χ4v) is 2.57. The predicted octanol–water partition coefficient (Wildman–Crippen LogP) is 2.31. The number of fused-ring (bicyclic) bond motifs is 1. The molecule has 1 saturated heterocycles. The van der Waals surface area contributed by atoms with Crippen LogP contribution in [-0.4, -0.2) is 24.4 Å². The molecule has 3 nitrogen and oxygen atoms in total. The maximum atomic E-state index is 6.07. The van der Waals surface area contributed by atoms with E-state index in [0.29, 0.717) is 0 Å². The van der Waals surface area contributed by atoms with E-state index in [9.17, 15) is 0 Å². The molecule has 0 aromatic heterocycles. The number of hydrogen-bond donors (Lipinski definition) is 0. The molecule has 102 valence electrons. The van der Waals surface area contributed by atoms with Crippen LogP contribution >= 0.6 is 0 Å². The van der Waals surface area contributed by atoms with Crippen LogP contribution in [-0.2, 0) is 15.7 Å². The van der Waals surface area contributed by atoms with E-state index in [2.05, 4.69) is 40.7 Å². The van der Waals surface area contributed by atoms with Crippen molar-refractivity contribution in [2.24, 2.45) is 0 Å². The molecule has 0 aliphatic carbocycles. The van der Waals surface area contributed by atoms with Crippen LogP contribution < -0.4 is 10.2 Å². The highest BCUT2D eigenvalue weighted by atomic mass is 16.7. The van der Waals surface area contributed by atoms with E-state index < -0.39 is 0 Å². The zero-order valence-corrected chi connectivity index (χ0v) is 12.3. The van der Waals surface area contributed by atoms with Crippen molar-refractivity contribution in [1.82, 2.24) is 0 Å². The Bertz CT molecular complexity index is 494. The van der Waals surface area contributed by atoms with Crippen LogP contribution in [0.25, 0.3) is 0 Å². The third-order valence-electron chi connectivity index (χ3n) is 4.45. The quantitative estimate of drug-likeness (QED) is 0.725. The molecule has 19 heavy (non-hydrogen) atoms. The Kier molecular flexibility index (Phi) is 2.74. The normalized spacial score (nSPS) is 27.2. The Morgan fingerprint density at radius 3 is 2.37 bits per heavy atom. The van der Waals surface area contributed by atoms with Gasteiger partial charge in [-0.25, -0.2) is 0 Å². The fraction of sp³-hybridized carbons (Fsp3) is 0.600. The molecule has 2 aliphatic rings. The highest BCUT2D eigenvalue weighted by Crippen LogP contribution is 2.37. The van der Waals surface area contributed by atoms with Crippen molar-refractivity contribution in [3.05, 3.63) is 23.8 Å². The zero-order chi connectivity index (χ0) is 13.8. The minimum Gasteiger partial charge on any atom is -0.490 e. The Morgan fingerprint density at radius 2 is 1.74 bits per heavy atom. The molecule has 0 bridgehead atoms. The monoisotopic (exact) mass is 260 g/mol. The Morgan fingerprint density at radius 1 is 1.11 bits per heavy atom. The van der Waals surface area contributed by atoms with Gasteiger partial charge in [0.05, 0.1) is 11.2 Å². The van der Waals surface area contributed by atoms with Crippen LogP contribution in [0.1, 0.15) is 40.2 Å². The first-order chi connectivity index (χ1) is 8.78. The summed E-state index contributed by atoms with van der Waals surface area (Å²) in [5.74, 6) is 0.993. The SMILES string of the molecule is CC1Cc2cc(B3OC(C)(C)C(C)(C)O3)ccc2O1. The van der Waals surface area contributed by atoms with E-state index >= 15 is 0 Å². The van der Waals surface area contributed by atoms with Crippen molar-refractivity contribution in [3.63, 3.8) is 0 Å². The standard InChI is InChI=1S/C15H21BO3/c1-10-8-11-9-12(6-7-13(11)17-10)16-18-14(2,3)15(4,5)19-16/h6-7,9-10H,8H2,1-5H3. The summed E-state index contributed by atoms with van der Waals surface area (Å²) in [5, 5.41) is 0. The smallest absolute Gasteiger partial charge is 0.490 e. The van der Waals surface area contributed by atoms with Gasteiger partial charge in [0.25, 0.3) is 0 Å². The summed E-state index contributed by atoms with van der Waals surface area (Å²) < 4.78 is 17.9. The van der Waals surface area contributed by atoms with Crippen molar-refractivity contribution in [3.8, 4) is 5.75 Å². The molecular weight excluding hydrogens is 239 g/mol. The molecule has 2 aliphatic heterocycles. The van der Waals surface area contributed by atoms with Gasteiger partial charge in [-0.05, 0) is 51.7 Å². The summed E-state index contributed by atoms with van der Waals surface area (Å²) >= 11 is 0. The number of hydrogen-bond acceptors (Lipinski definition) is 3. The predicted molar refractivity (Wildman–Crippen MR) is 76.0 cm³/mol. The van der Waals surface area contributed by atoms with Crippen LogP contribution in [0.3, 0.4) is 0 Å².